The number of rotatable bonds is 22. The monoisotopic (exact) mass is 771 g/mol. The minimum absolute atomic E-state index is 0.0691. The number of fused-ring (bicyclic) bond motifs is 1. The molecule has 0 radical (unpaired) electrons. The Kier molecular flexibility index (Phi) is 17.8. The molecule has 1 aliphatic rings. The molecule has 0 unspecified atom stereocenters. The molecule has 1 saturated heterocycles. The zero-order valence-electron chi connectivity index (χ0n) is 32.3. The van der Waals surface area contributed by atoms with E-state index in [-0.39, 0.29) is 30.6 Å². The first-order valence-electron chi connectivity index (χ1n) is 19.0. The summed E-state index contributed by atoms with van der Waals surface area (Å²) < 4.78 is 0. The van der Waals surface area contributed by atoms with Crippen molar-refractivity contribution in [2.45, 2.75) is 115 Å². The number of likely N-dealkylation sites (tertiary alicyclic amines) is 1. The van der Waals surface area contributed by atoms with E-state index in [0.717, 1.165) is 22.9 Å². The molecule has 6 amide bonds. The van der Waals surface area contributed by atoms with Crippen molar-refractivity contribution in [3.63, 3.8) is 0 Å². The molecule has 300 valence electrons. The zero-order chi connectivity index (χ0) is 39.9. The van der Waals surface area contributed by atoms with Gasteiger partial charge in [-0.25, -0.2) is 0 Å². The third kappa shape index (κ3) is 12.7. The smallest absolute Gasteiger partial charge is 0.245 e. The maximum absolute atomic E-state index is 13.9. The maximum Gasteiger partial charge on any atom is 0.245 e. The van der Waals surface area contributed by atoms with Crippen LogP contribution in [0.1, 0.15) is 78.2 Å². The molecule has 6 atom stereocenters. The molecule has 2 heterocycles. The van der Waals surface area contributed by atoms with Gasteiger partial charge in [-0.05, 0) is 80.5 Å². The molecular weight excluding hydrogens is 711 g/mol. The minimum Gasteiger partial charge on any atom is -0.368 e. The fourth-order valence-corrected chi connectivity index (χ4v) is 7.15. The van der Waals surface area contributed by atoms with Crippen LogP contribution in [0.15, 0.2) is 30.5 Å². The SMILES string of the molecule is CSCC[C@H](NC(=O)[C@@H](NC(=O)[C@@H]1CCCN1C(=O)[C@H](CC(C)C)NC(=O)[C@@H](N)CCCCN)C(C)C)C(=O)N[C@@H](Cc1c[nH]c2ccccc12)C(N)=O. The lowest BCUT2D eigenvalue weighted by molar-refractivity contribution is -0.143. The Morgan fingerprint density at radius 1 is 0.907 bits per heavy atom. The van der Waals surface area contributed by atoms with Gasteiger partial charge in [0.05, 0.1) is 6.04 Å². The Bertz CT molecular complexity index is 1580. The number of hydrogen-bond donors (Lipinski definition) is 8. The highest BCUT2D eigenvalue weighted by atomic mass is 32.2. The van der Waals surface area contributed by atoms with Gasteiger partial charge in [-0.3, -0.25) is 28.8 Å². The molecule has 3 rings (SSSR count). The molecule has 15 nitrogen and oxygen atoms in total. The number of unbranched alkanes of at least 4 members (excludes halogenated alkanes) is 1. The van der Waals surface area contributed by atoms with Crippen molar-refractivity contribution < 1.29 is 28.8 Å². The summed E-state index contributed by atoms with van der Waals surface area (Å²) in [7, 11) is 0. The number of aromatic nitrogens is 1. The van der Waals surface area contributed by atoms with E-state index in [1.807, 2.05) is 44.4 Å². The topological polar surface area (TPSA) is 248 Å². The molecule has 0 spiro atoms. The first kappa shape index (κ1) is 44.2. The van der Waals surface area contributed by atoms with E-state index >= 15 is 0 Å². The summed E-state index contributed by atoms with van der Waals surface area (Å²) in [5.74, 6) is -2.93. The molecule has 1 aromatic carbocycles. The fraction of sp³-hybridized carbons (Fsp3) is 0.632. The predicted octanol–water partition coefficient (Wildman–Crippen LogP) is 1.04. The van der Waals surface area contributed by atoms with Crippen LogP contribution in [-0.4, -0.2) is 107 Å². The lowest BCUT2D eigenvalue weighted by Crippen LogP contribution is -2.60. The number of benzene rings is 1. The van der Waals surface area contributed by atoms with E-state index < -0.39 is 65.8 Å². The van der Waals surface area contributed by atoms with Crippen LogP contribution < -0.4 is 38.5 Å². The molecule has 11 N–H and O–H groups in total. The van der Waals surface area contributed by atoms with Gasteiger partial charge in [-0.2, -0.15) is 11.8 Å². The molecule has 0 saturated carbocycles. The standard InChI is InChI=1S/C38H61N9O6S/c1-22(2)19-30(45-34(49)26(40)12-8-9-16-39)38(53)47-17-10-14-31(47)36(51)46-32(23(3)4)37(52)43-28(15-18-54-5)35(50)44-29(33(41)48)20-24-21-42-27-13-7-6-11-25(24)27/h6-7,11,13,21-23,26,28-32,42H,8-10,12,14-20,39-40H2,1-5H3,(H2,41,48)(H,43,52)(H,44,50)(H,45,49)(H,46,51)/t26-,28-,29-,30-,31-,32-/m0/s1. The summed E-state index contributed by atoms with van der Waals surface area (Å²) in [4.78, 5) is 85.2. The van der Waals surface area contributed by atoms with Gasteiger partial charge in [0.25, 0.3) is 0 Å². The van der Waals surface area contributed by atoms with Gasteiger partial charge < -0.3 is 48.4 Å². The number of aromatic amines is 1. The predicted molar refractivity (Wildman–Crippen MR) is 212 cm³/mol. The second-order valence-electron chi connectivity index (χ2n) is 14.9. The number of primary amides is 1. The number of carbonyl (C=O) groups excluding carboxylic acids is 6. The summed E-state index contributed by atoms with van der Waals surface area (Å²) in [6.07, 6.45) is 7.25. The molecule has 0 aliphatic carbocycles. The molecule has 0 bridgehead atoms. The number of carbonyl (C=O) groups is 6. The zero-order valence-corrected chi connectivity index (χ0v) is 33.1. The Morgan fingerprint density at radius 3 is 2.24 bits per heavy atom. The van der Waals surface area contributed by atoms with Crippen LogP contribution in [-0.2, 0) is 35.2 Å². The Balaban J connectivity index is 1.71. The van der Waals surface area contributed by atoms with Crippen molar-refractivity contribution in [3.8, 4) is 0 Å². The molecule has 54 heavy (non-hydrogen) atoms. The third-order valence-corrected chi connectivity index (χ3v) is 10.4. The third-order valence-electron chi connectivity index (χ3n) is 9.72. The summed E-state index contributed by atoms with van der Waals surface area (Å²) in [5.41, 5.74) is 19.1. The van der Waals surface area contributed by atoms with Crippen LogP contribution in [0.3, 0.4) is 0 Å². The van der Waals surface area contributed by atoms with E-state index in [4.69, 9.17) is 17.2 Å². The van der Waals surface area contributed by atoms with Crippen molar-refractivity contribution in [2.75, 3.05) is 25.1 Å². The first-order valence-corrected chi connectivity index (χ1v) is 20.4. The first-order chi connectivity index (χ1) is 25.7. The summed E-state index contributed by atoms with van der Waals surface area (Å²) >= 11 is 1.49. The lowest BCUT2D eigenvalue weighted by Gasteiger charge is -2.32. The van der Waals surface area contributed by atoms with Gasteiger partial charge in [-0.15, -0.1) is 0 Å². The Morgan fingerprint density at radius 2 is 1.59 bits per heavy atom. The Labute approximate surface area is 322 Å². The van der Waals surface area contributed by atoms with Crippen molar-refractivity contribution in [2.24, 2.45) is 29.0 Å². The summed E-state index contributed by atoms with van der Waals surface area (Å²) in [6, 6.07) is 2.00. The highest BCUT2D eigenvalue weighted by molar-refractivity contribution is 7.98. The van der Waals surface area contributed by atoms with Gasteiger partial charge in [0.15, 0.2) is 0 Å². The molecule has 1 aromatic heterocycles. The quantitative estimate of drug-likeness (QED) is 0.0796. The Hall–Kier alpha value is -4.15. The van der Waals surface area contributed by atoms with Crippen LogP contribution >= 0.6 is 11.8 Å². The molecule has 2 aromatic rings. The number of H-pyrrole nitrogens is 1. The van der Waals surface area contributed by atoms with E-state index in [2.05, 4.69) is 26.3 Å². The molecule has 1 aliphatic heterocycles. The van der Waals surface area contributed by atoms with Crippen LogP contribution in [0.25, 0.3) is 10.9 Å². The van der Waals surface area contributed by atoms with Crippen LogP contribution in [0.4, 0.5) is 0 Å². The van der Waals surface area contributed by atoms with Gasteiger partial charge >= 0.3 is 0 Å². The average molecular weight is 772 g/mol. The molecule has 1 fully saturated rings. The van der Waals surface area contributed by atoms with Gasteiger partial charge in [0.1, 0.15) is 30.2 Å². The second kappa shape index (κ2) is 21.7. The van der Waals surface area contributed by atoms with E-state index in [9.17, 15) is 28.8 Å². The average Bonchev–Trinajstić information content (AvgIpc) is 3.78. The minimum atomic E-state index is -1.03. The molecule has 16 heteroatoms. The summed E-state index contributed by atoms with van der Waals surface area (Å²) in [5, 5.41) is 12.1. The number of para-hydroxylation sites is 1. The van der Waals surface area contributed by atoms with Gasteiger partial charge in [-0.1, -0.05) is 52.3 Å². The number of nitrogens with zero attached hydrogens (tertiary/aromatic N) is 1. The highest BCUT2D eigenvalue weighted by Crippen LogP contribution is 2.22. The van der Waals surface area contributed by atoms with Gasteiger partial charge in [0, 0.05) is 30.1 Å². The largest absolute Gasteiger partial charge is 0.368 e. The van der Waals surface area contributed by atoms with Gasteiger partial charge in [0.2, 0.25) is 35.4 Å². The number of nitrogens with one attached hydrogen (secondary N) is 5. The fourth-order valence-electron chi connectivity index (χ4n) is 6.68. The van der Waals surface area contributed by atoms with E-state index in [0.29, 0.717) is 50.9 Å². The van der Waals surface area contributed by atoms with E-state index in [1.54, 1.807) is 20.0 Å². The van der Waals surface area contributed by atoms with Crippen LogP contribution in [0, 0.1) is 11.8 Å². The molecular formula is C38H61N9O6S. The van der Waals surface area contributed by atoms with Crippen molar-refractivity contribution in [3.05, 3.63) is 36.0 Å². The highest BCUT2D eigenvalue weighted by Gasteiger charge is 2.40. The number of amides is 6. The normalized spacial score (nSPS) is 17.1. The summed E-state index contributed by atoms with van der Waals surface area (Å²) in [6.45, 7) is 8.25. The van der Waals surface area contributed by atoms with Crippen molar-refractivity contribution in [1.29, 1.82) is 0 Å². The van der Waals surface area contributed by atoms with Crippen LogP contribution in [0.5, 0.6) is 0 Å². The van der Waals surface area contributed by atoms with Crippen LogP contribution in [0.2, 0.25) is 0 Å². The lowest BCUT2D eigenvalue weighted by atomic mass is 10.00. The second-order valence-corrected chi connectivity index (χ2v) is 15.9. The van der Waals surface area contributed by atoms with E-state index in [1.165, 1.54) is 16.7 Å². The van der Waals surface area contributed by atoms with Crippen molar-refractivity contribution >= 4 is 58.1 Å². The number of thioether (sulfide) groups is 1. The number of nitrogens with two attached hydrogens (primary N) is 3. The number of hydrogen-bond acceptors (Lipinski definition) is 9. The van der Waals surface area contributed by atoms with Crippen molar-refractivity contribution in [1.82, 2.24) is 31.2 Å². The maximum atomic E-state index is 13.9.